The maximum Gasteiger partial charge on any atom is 0.0518 e. The summed E-state index contributed by atoms with van der Waals surface area (Å²) in [6.45, 7) is 9.92. The lowest BCUT2D eigenvalue weighted by Gasteiger charge is -2.50. The van der Waals surface area contributed by atoms with E-state index < -0.39 is 0 Å². The van der Waals surface area contributed by atoms with Crippen LogP contribution < -0.4 is 4.90 Å². The normalized spacial score (nSPS) is 20.0. The lowest BCUT2D eigenvalue weighted by atomic mass is 9.60. The molecule has 2 atom stereocenters. The van der Waals surface area contributed by atoms with Crippen LogP contribution >= 0.6 is 0 Å². The molecule has 1 fully saturated rings. The summed E-state index contributed by atoms with van der Waals surface area (Å²) in [5, 5.41) is 8.01. The summed E-state index contributed by atoms with van der Waals surface area (Å²) in [7, 11) is 0. The first-order valence-electron chi connectivity index (χ1n) is 18.7. The summed E-state index contributed by atoms with van der Waals surface area (Å²) >= 11 is 0. The number of rotatable bonds is 4. The van der Waals surface area contributed by atoms with E-state index in [0.717, 1.165) is 0 Å². The second kappa shape index (κ2) is 11.0. The van der Waals surface area contributed by atoms with E-state index in [1.165, 1.54) is 114 Å². The Hall–Kier alpha value is -5.40. The fourth-order valence-electron chi connectivity index (χ4n) is 10.5. The van der Waals surface area contributed by atoms with Crippen molar-refractivity contribution in [3.8, 4) is 33.4 Å². The van der Waals surface area contributed by atoms with Crippen LogP contribution in [-0.4, -0.2) is 5.54 Å². The van der Waals surface area contributed by atoms with Gasteiger partial charge in [0.2, 0.25) is 0 Å². The molecule has 0 spiro atoms. The molecule has 10 rings (SSSR count). The standard InChI is InChI=1S/C50H43N/c1-32-30-42(33(2)47-48(32)51(37-20-12-7-13-21-37)50(4)29-15-14-28-49(47,50)3)44-31-43(35-18-10-6-11-19-35)40-25-23-36-22-24-38(34-16-8-5-9-17-34)39-26-27-41(44)46(40)45(36)39/h5-13,16-27,30-31H,14-15,28-29H2,1-4H3. The van der Waals surface area contributed by atoms with Crippen LogP contribution in [0.5, 0.6) is 0 Å². The molecule has 0 bridgehead atoms. The lowest BCUT2D eigenvalue weighted by Crippen LogP contribution is -2.54. The van der Waals surface area contributed by atoms with Gasteiger partial charge in [-0.2, -0.15) is 0 Å². The molecule has 51 heavy (non-hydrogen) atoms. The second-order valence-corrected chi connectivity index (χ2v) is 15.6. The molecule has 2 unspecified atom stereocenters. The van der Waals surface area contributed by atoms with Gasteiger partial charge in [0.1, 0.15) is 0 Å². The largest absolute Gasteiger partial charge is 0.334 e. The zero-order valence-corrected chi connectivity index (χ0v) is 30.1. The van der Waals surface area contributed by atoms with E-state index in [9.17, 15) is 0 Å². The van der Waals surface area contributed by atoms with Crippen LogP contribution in [0.1, 0.15) is 56.2 Å². The zero-order valence-electron chi connectivity index (χ0n) is 30.1. The number of nitrogens with zero attached hydrogens (tertiary/aromatic N) is 1. The van der Waals surface area contributed by atoms with E-state index in [1.54, 1.807) is 5.56 Å². The van der Waals surface area contributed by atoms with Crippen LogP contribution in [0.4, 0.5) is 11.4 Å². The van der Waals surface area contributed by atoms with Gasteiger partial charge >= 0.3 is 0 Å². The van der Waals surface area contributed by atoms with Crippen molar-refractivity contribution < 1.29 is 0 Å². The van der Waals surface area contributed by atoms with Crippen molar-refractivity contribution in [2.45, 2.75) is 64.3 Å². The van der Waals surface area contributed by atoms with Gasteiger partial charge in [-0.25, -0.2) is 0 Å². The first kappa shape index (κ1) is 30.4. The van der Waals surface area contributed by atoms with Crippen LogP contribution in [-0.2, 0) is 5.41 Å². The molecule has 248 valence electrons. The van der Waals surface area contributed by atoms with Crippen LogP contribution in [0.15, 0.2) is 140 Å². The summed E-state index contributed by atoms with van der Waals surface area (Å²) in [5.74, 6) is 0. The van der Waals surface area contributed by atoms with Crippen molar-refractivity contribution in [2.24, 2.45) is 0 Å². The Bertz CT molecular complexity index is 2620. The van der Waals surface area contributed by atoms with Crippen molar-refractivity contribution in [2.75, 3.05) is 4.90 Å². The maximum absolute atomic E-state index is 2.73. The second-order valence-electron chi connectivity index (χ2n) is 15.6. The number of aryl methyl sites for hydroxylation is 1. The molecule has 1 heterocycles. The number of para-hydroxylation sites is 1. The molecule has 1 nitrogen and oxygen atoms in total. The average Bonchev–Trinajstić information content (AvgIpc) is 3.40. The minimum absolute atomic E-state index is 0.00871. The van der Waals surface area contributed by atoms with Gasteiger partial charge in [0, 0.05) is 16.8 Å². The third-order valence-corrected chi connectivity index (χ3v) is 13.1. The van der Waals surface area contributed by atoms with Crippen molar-refractivity contribution in [1.29, 1.82) is 0 Å². The van der Waals surface area contributed by atoms with Gasteiger partial charge in [0.25, 0.3) is 0 Å². The molecule has 0 radical (unpaired) electrons. The van der Waals surface area contributed by atoms with Gasteiger partial charge in [-0.05, 0) is 140 Å². The molecular formula is C50H43N. The zero-order chi connectivity index (χ0) is 34.5. The van der Waals surface area contributed by atoms with Crippen LogP contribution in [0, 0.1) is 13.8 Å². The Morgan fingerprint density at radius 3 is 1.78 bits per heavy atom. The Morgan fingerprint density at radius 2 is 1.08 bits per heavy atom. The highest BCUT2D eigenvalue weighted by molar-refractivity contribution is 6.30. The van der Waals surface area contributed by atoms with Gasteiger partial charge in [-0.3, -0.25) is 0 Å². The Morgan fingerprint density at radius 1 is 0.510 bits per heavy atom. The monoisotopic (exact) mass is 657 g/mol. The van der Waals surface area contributed by atoms with Gasteiger partial charge < -0.3 is 4.90 Å². The molecule has 1 heteroatoms. The minimum Gasteiger partial charge on any atom is -0.334 e. The lowest BCUT2D eigenvalue weighted by molar-refractivity contribution is 0.194. The summed E-state index contributed by atoms with van der Waals surface area (Å²) in [5.41, 5.74) is 15.0. The van der Waals surface area contributed by atoms with Crippen molar-refractivity contribution >= 4 is 43.7 Å². The average molecular weight is 658 g/mol. The van der Waals surface area contributed by atoms with Gasteiger partial charge in [0.15, 0.2) is 0 Å². The SMILES string of the molecule is Cc1cc(-c2cc(-c3ccccc3)c3ccc4ccc(-c5ccccc5)c5ccc2c3c45)c(C)c2c1N(c1ccccc1)C1(C)CCCCC21C. The van der Waals surface area contributed by atoms with Crippen molar-refractivity contribution in [3.05, 3.63) is 156 Å². The first-order chi connectivity index (χ1) is 24.9. The predicted octanol–water partition coefficient (Wildman–Crippen LogP) is 13.9. The molecule has 1 saturated carbocycles. The van der Waals surface area contributed by atoms with Crippen molar-refractivity contribution in [3.63, 3.8) is 0 Å². The molecule has 0 aromatic heterocycles. The van der Waals surface area contributed by atoms with E-state index in [0.29, 0.717) is 0 Å². The number of benzene rings is 8. The van der Waals surface area contributed by atoms with Crippen LogP contribution in [0.3, 0.4) is 0 Å². The highest BCUT2D eigenvalue weighted by Crippen LogP contribution is 2.63. The third kappa shape index (κ3) is 4.15. The quantitative estimate of drug-likeness (QED) is 0.170. The Labute approximate surface area is 301 Å². The molecule has 1 aliphatic heterocycles. The Balaban J connectivity index is 1.31. The Kier molecular flexibility index (Phi) is 6.59. The molecule has 8 aromatic rings. The molecule has 2 aliphatic rings. The molecule has 0 saturated heterocycles. The topological polar surface area (TPSA) is 3.24 Å². The third-order valence-electron chi connectivity index (χ3n) is 13.1. The van der Waals surface area contributed by atoms with Crippen molar-refractivity contribution in [1.82, 2.24) is 0 Å². The number of hydrogen-bond donors (Lipinski definition) is 0. The van der Waals surface area contributed by atoms with Crippen LogP contribution in [0.25, 0.3) is 65.7 Å². The highest BCUT2D eigenvalue weighted by atomic mass is 15.3. The van der Waals surface area contributed by atoms with Crippen LogP contribution in [0.2, 0.25) is 0 Å². The van der Waals surface area contributed by atoms with E-state index in [4.69, 9.17) is 0 Å². The van der Waals surface area contributed by atoms with Gasteiger partial charge in [-0.15, -0.1) is 0 Å². The highest BCUT2D eigenvalue weighted by Gasteiger charge is 2.58. The fourth-order valence-corrected chi connectivity index (χ4v) is 10.5. The van der Waals surface area contributed by atoms with E-state index in [1.807, 2.05) is 0 Å². The predicted molar refractivity (Wildman–Crippen MR) is 219 cm³/mol. The summed E-state index contributed by atoms with van der Waals surface area (Å²) < 4.78 is 0. The summed E-state index contributed by atoms with van der Waals surface area (Å²) in [6, 6.07) is 52.3. The fraction of sp³-hybridized carbons (Fsp3) is 0.200. The van der Waals surface area contributed by atoms with E-state index >= 15 is 0 Å². The molecular weight excluding hydrogens is 615 g/mol. The molecule has 0 amide bonds. The maximum atomic E-state index is 2.73. The van der Waals surface area contributed by atoms with Gasteiger partial charge in [-0.1, -0.05) is 135 Å². The number of anilines is 2. The minimum atomic E-state index is 0.00871. The molecule has 1 aliphatic carbocycles. The summed E-state index contributed by atoms with van der Waals surface area (Å²) in [4.78, 5) is 2.73. The van der Waals surface area contributed by atoms with E-state index in [2.05, 4.69) is 172 Å². The number of hydrogen-bond acceptors (Lipinski definition) is 1. The number of fused-ring (bicyclic) bond motifs is 3. The van der Waals surface area contributed by atoms with E-state index in [-0.39, 0.29) is 11.0 Å². The summed E-state index contributed by atoms with van der Waals surface area (Å²) in [6.07, 6.45) is 4.95. The molecule has 0 N–H and O–H groups in total. The van der Waals surface area contributed by atoms with Gasteiger partial charge in [0.05, 0.1) is 5.54 Å². The first-order valence-corrected chi connectivity index (χ1v) is 18.7. The smallest absolute Gasteiger partial charge is 0.0518 e. The molecule has 8 aromatic carbocycles.